The summed E-state index contributed by atoms with van der Waals surface area (Å²) < 4.78 is 31.6. The van der Waals surface area contributed by atoms with Crippen LogP contribution in [0.15, 0.2) is 23.2 Å². The second-order valence-electron chi connectivity index (χ2n) is 5.76. The smallest absolute Gasteiger partial charge is 0.243 e. The number of rotatable bonds is 8. The highest BCUT2D eigenvalue weighted by molar-refractivity contribution is 5.84. The zero-order chi connectivity index (χ0) is 18.8. The summed E-state index contributed by atoms with van der Waals surface area (Å²) in [6, 6.07) is 3.33. The minimum absolute atomic E-state index is 0.0145. The number of amides is 1. The van der Waals surface area contributed by atoms with Crippen molar-refractivity contribution in [3.63, 3.8) is 0 Å². The Kier molecular flexibility index (Phi) is 8.66. The number of halogens is 2. The minimum Gasteiger partial charge on any atom is -0.489 e. The number of carbonyl (C=O) groups excluding carboxylic acids is 1. The summed E-state index contributed by atoms with van der Waals surface area (Å²) >= 11 is 0. The molecule has 0 saturated heterocycles. The van der Waals surface area contributed by atoms with Gasteiger partial charge in [-0.2, -0.15) is 0 Å². The molecule has 0 heterocycles. The zero-order valence-electron chi connectivity index (χ0n) is 15.1. The van der Waals surface area contributed by atoms with Gasteiger partial charge in [0.2, 0.25) is 5.91 Å². The van der Waals surface area contributed by atoms with E-state index in [1.807, 2.05) is 13.8 Å². The number of ether oxygens (including phenoxy) is 1. The van der Waals surface area contributed by atoms with Crippen molar-refractivity contribution in [3.05, 3.63) is 29.8 Å². The quantitative estimate of drug-likeness (QED) is 0.423. The van der Waals surface area contributed by atoms with Gasteiger partial charge in [0.25, 0.3) is 0 Å². The normalized spacial score (nSPS) is 12.5. The number of hydrogen-bond acceptors (Lipinski definition) is 3. The third-order valence-corrected chi connectivity index (χ3v) is 3.41. The van der Waals surface area contributed by atoms with Crippen molar-refractivity contribution in [3.8, 4) is 5.75 Å². The van der Waals surface area contributed by atoms with Crippen LogP contribution < -0.4 is 15.4 Å². The summed E-state index contributed by atoms with van der Waals surface area (Å²) in [6.07, 6.45) is 0.889. The molecule has 8 heteroatoms. The Balaban J connectivity index is 2.53. The van der Waals surface area contributed by atoms with Crippen LogP contribution >= 0.6 is 0 Å². The molecule has 0 aliphatic carbocycles. The van der Waals surface area contributed by atoms with Crippen LogP contribution in [0, 0.1) is 11.6 Å². The second kappa shape index (κ2) is 10.5. The summed E-state index contributed by atoms with van der Waals surface area (Å²) in [4.78, 5) is 17.3. The van der Waals surface area contributed by atoms with Crippen molar-refractivity contribution in [2.45, 2.75) is 26.3 Å². The molecular weight excluding hydrogens is 330 g/mol. The maximum atomic E-state index is 13.5. The van der Waals surface area contributed by atoms with Crippen molar-refractivity contribution in [1.82, 2.24) is 15.5 Å². The Bertz CT molecular complexity index is 594. The Hall–Kier alpha value is -2.38. The van der Waals surface area contributed by atoms with Crippen LogP contribution in [-0.4, -0.2) is 56.6 Å². The van der Waals surface area contributed by atoms with Gasteiger partial charge in [-0.15, -0.1) is 0 Å². The SMILES string of the molecule is CCC(C)NC(=NCC(=O)N(C)C)NCCOc1ccc(F)cc1F. The van der Waals surface area contributed by atoms with E-state index in [-0.39, 0.29) is 30.9 Å². The van der Waals surface area contributed by atoms with Gasteiger partial charge >= 0.3 is 0 Å². The fourth-order valence-electron chi connectivity index (χ4n) is 1.70. The Morgan fingerprint density at radius 1 is 1.36 bits per heavy atom. The predicted octanol–water partition coefficient (Wildman–Crippen LogP) is 1.77. The molecule has 0 radical (unpaired) electrons. The molecule has 1 amide bonds. The highest BCUT2D eigenvalue weighted by Gasteiger charge is 2.08. The first-order chi connectivity index (χ1) is 11.8. The molecule has 0 fully saturated rings. The van der Waals surface area contributed by atoms with Crippen LogP contribution in [0.5, 0.6) is 5.75 Å². The van der Waals surface area contributed by atoms with E-state index >= 15 is 0 Å². The van der Waals surface area contributed by atoms with Crippen LogP contribution in [0.2, 0.25) is 0 Å². The number of nitrogens with one attached hydrogen (secondary N) is 2. The van der Waals surface area contributed by atoms with Crippen molar-refractivity contribution >= 4 is 11.9 Å². The lowest BCUT2D eigenvalue weighted by Crippen LogP contribution is -2.44. The van der Waals surface area contributed by atoms with Crippen LogP contribution in [0.4, 0.5) is 8.78 Å². The monoisotopic (exact) mass is 356 g/mol. The van der Waals surface area contributed by atoms with Gasteiger partial charge in [-0.05, 0) is 25.5 Å². The van der Waals surface area contributed by atoms with Gasteiger partial charge in [0, 0.05) is 26.2 Å². The van der Waals surface area contributed by atoms with Gasteiger partial charge in [0.1, 0.15) is 19.0 Å². The van der Waals surface area contributed by atoms with Crippen LogP contribution in [-0.2, 0) is 4.79 Å². The van der Waals surface area contributed by atoms with Gasteiger partial charge in [-0.3, -0.25) is 4.79 Å². The Morgan fingerprint density at radius 3 is 2.68 bits per heavy atom. The standard InChI is InChI=1S/C17H26F2N4O2/c1-5-12(2)22-17(21-11-16(24)23(3)4)20-8-9-25-15-7-6-13(18)10-14(15)19/h6-7,10,12H,5,8-9,11H2,1-4H3,(H2,20,21,22). The number of likely N-dealkylation sites (N-methyl/N-ethyl adjacent to an activating group) is 1. The predicted molar refractivity (Wildman–Crippen MR) is 93.7 cm³/mol. The van der Waals surface area contributed by atoms with Crippen LogP contribution in [0.25, 0.3) is 0 Å². The van der Waals surface area contributed by atoms with E-state index in [0.717, 1.165) is 18.6 Å². The maximum Gasteiger partial charge on any atom is 0.243 e. The van der Waals surface area contributed by atoms with E-state index in [2.05, 4.69) is 15.6 Å². The van der Waals surface area contributed by atoms with E-state index < -0.39 is 11.6 Å². The molecule has 0 saturated carbocycles. The molecule has 1 unspecified atom stereocenters. The number of benzene rings is 1. The number of nitrogens with zero attached hydrogens (tertiary/aromatic N) is 2. The summed E-state index contributed by atoms with van der Waals surface area (Å²) in [7, 11) is 3.33. The highest BCUT2D eigenvalue weighted by atomic mass is 19.1. The third kappa shape index (κ3) is 7.82. The molecule has 1 aromatic carbocycles. The lowest BCUT2D eigenvalue weighted by atomic mass is 10.3. The van der Waals surface area contributed by atoms with Crippen molar-refractivity contribution in [1.29, 1.82) is 0 Å². The van der Waals surface area contributed by atoms with Crippen molar-refractivity contribution in [2.75, 3.05) is 33.8 Å². The zero-order valence-corrected chi connectivity index (χ0v) is 15.1. The number of guanidine groups is 1. The Labute approximate surface area is 147 Å². The molecule has 0 aliphatic heterocycles. The third-order valence-electron chi connectivity index (χ3n) is 3.41. The molecule has 0 bridgehead atoms. The molecule has 6 nitrogen and oxygen atoms in total. The summed E-state index contributed by atoms with van der Waals surface area (Å²) in [5, 5.41) is 6.19. The molecule has 140 valence electrons. The van der Waals surface area contributed by atoms with Gasteiger partial charge in [-0.25, -0.2) is 13.8 Å². The average Bonchev–Trinajstić information content (AvgIpc) is 2.57. The average molecular weight is 356 g/mol. The molecule has 1 aromatic rings. The molecular formula is C17H26F2N4O2. The number of hydrogen-bond donors (Lipinski definition) is 2. The van der Waals surface area contributed by atoms with Crippen molar-refractivity contribution < 1.29 is 18.3 Å². The highest BCUT2D eigenvalue weighted by Crippen LogP contribution is 2.17. The molecule has 0 aliphatic rings. The van der Waals surface area contributed by atoms with Crippen LogP contribution in [0.3, 0.4) is 0 Å². The molecule has 0 aromatic heterocycles. The van der Waals surface area contributed by atoms with E-state index in [1.54, 1.807) is 14.1 Å². The summed E-state index contributed by atoms with van der Waals surface area (Å²) in [6.45, 7) is 4.54. The topological polar surface area (TPSA) is 66.0 Å². The lowest BCUT2D eigenvalue weighted by Gasteiger charge is -2.17. The number of carbonyl (C=O) groups is 1. The minimum atomic E-state index is -0.747. The van der Waals surface area contributed by atoms with Gasteiger partial charge < -0.3 is 20.3 Å². The Morgan fingerprint density at radius 2 is 2.08 bits per heavy atom. The summed E-state index contributed by atoms with van der Waals surface area (Å²) in [5.41, 5.74) is 0. The van der Waals surface area contributed by atoms with E-state index in [0.29, 0.717) is 12.5 Å². The second-order valence-corrected chi connectivity index (χ2v) is 5.76. The fourth-order valence-corrected chi connectivity index (χ4v) is 1.70. The largest absolute Gasteiger partial charge is 0.489 e. The first-order valence-electron chi connectivity index (χ1n) is 8.16. The first kappa shape index (κ1) is 20.7. The first-order valence-corrected chi connectivity index (χ1v) is 8.16. The van der Waals surface area contributed by atoms with Gasteiger partial charge in [0.15, 0.2) is 17.5 Å². The maximum absolute atomic E-state index is 13.5. The summed E-state index contributed by atoms with van der Waals surface area (Å²) in [5.74, 6) is -1.05. The van der Waals surface area contributed by atoms with Gasteiger partial charge in [0.05, 0.1) is 6.54 Å². The molecule has 25 heavy (non-hydrogen) atoms. The van der Waals surface area contributed by atoms with E-state index in [4.69, 9.17) is 4.74 Å². The van der Waals surface area contributed by atoms with Gasteiger partial charge in [-0.1, -0.05) is 6.92 Å². The fraction of sp³-hybridized carbons (Fsp3) is 0.529. The van der Waals surface area contributed by atoms with E-state index in [9.17, 15) is 13.6 Å². The van der Waals surface area contributed by atoms with E-state index in [1.165, 1.54) is 11.0 Å². The molecule has 1 rings (SSSR count). The molecule has 2 N–H and O–H groups in total. The number of aliphatic imine (C=N–C) groups is 1. The molecule has 1 atom stereocenters. The van der Waals surface area contributed by atoms with Crippen LogP contribution in [0.1, 0.15) is 20.3 Å². The lowest BCUT2D eigenvalue weighted by molar-refractivity contribution is -0.127. The molecule has 0 spiro atoms. The van der Waals surface area contributed by atoms with Crippen molar-refractivity contribution in [2.24, 2.45) is 4.99 Å².